The normalized spacial score (nSPS) is 10.1. The number of halogens is 4. The Kier molecular flexibility index (Phi) is 12.9. The van der Waals surface area contributed by atoms with Crippen molar-refractivity contribution in [2.45, 2.75) is 5.66 Å². The summed E-state index contributed by atoms with van der Waals surface area (Å²) in [5.41, 5.74) is -3.31. The number of rotatable bonds is 4. The standard InChI is InChI=1S/C3H6F4N2O2.2HNO3/c4-8(5)3(1-10,2-11)9(6)7;2*2-1(3)4/h10-11H,1-2H2;2*(H,2,3,4). The molecule has 0 saturated carbocycles. The molecule has 16 heteroatoms. The summed E-state index contributed by atoms with van der Waals surface area (Å²) in [4.78, 5) is 16.7. The third-order valence-corrected chi connectivity index (χ3v) is 1.14. The van der Waals surface area contributed by atoms with Crippen molar-refractivity contribution in [2.75, 3.05) is 13.2 Å². The summed E-state index contributed by atoms with van der Waals surface area (Å²) in [6.45, 7) is -3.16. The number of hydrogen-bond acceptors (Lipinski definition) is 8. The molecule has 0 aliphatic heterocycles. The fraction of sp³-hybridized carbons (Fsp3) is 1.00. The van der Waals surface area contributed by atoms with Gasteiger partial charge in [-0.2, -0.15) is 0 Å². The summed E-state index contributed by atoms with van der Waals surface area (Å²) in [7, 11) is 0. The molecule has 12 nitrogen and oxygen atoms in total. The number of aliphatic hydroxyl groups excluding tert-OH is 2. The Bertz CT molecular complexity index is 232. The molecule has 0 radical (unpaired) electrons. The van der Waals surface area contributed by atoms with Crippen LogP contribution in [0.4, 0.5) is 17.9 Å². The fourth-order valence-corrected chi connectivity index (χ4v) is 0.321. The summed E-state index contributed by atoms with van der Waals surface area (Å²) in [6, 6.07) is 0. The van der Waals surface area contributed by atoms with E-state index in [2.05, 4.69) is 0 Å². The molecular formula is C3H8F4N4O8. The summed E-state index contributed by atoms with van der Waals surface area (Å²) < 4.78 is 46.4. The topological polar surface area (TPSA) is 174 Å². The van der Waals surface area contributed by atoms with E-state index in [1.54, 1.807) is 0 Å². The van der Waals surface area contributed by atoms with Gasteiger partial charge < -0.3 is 20.6 Å². The van der Waals surface area contributed by atoms with Crippen LogP contribution in [0, 0.1) is 20.2 Å². The van der Waals surface area contributed by atoms with Gasteiger partial charge in [-0.15, -0.1) is 20.2 Å². The molecule has 19 heavy (non-hydrogen) atoms. The van der Waals surface area contributed by atoms with E-state index in [0.29, 0.717) is 0 Å². The summed E-state index contributed by atoms with van der Waals surface area (Å²) in [5.74, 6) is 0. The third kappa shape index (κ3) is 12.2. The number of nitrogens with zero attached hydrogens (tertiary/aromatic N) is 4. The second kappa shape index (κ2) is 11.1. The molecule has 0 unspecified atom stereocenters. The van der Waals surface area contributed by atoms with E-state index in [0.717, 1.165) is 0 Å². The molecule has 116 valence electrons. The van der Waals surface area contributed by atoms with Gasteiger partial charge in [0.05, 0.1) is 23.9 Å². The molecule has 0 amide bonds. The molecule has 0 aliphatic carbocycles. The lowest BCUT2D eigenvalue weighted by Gasteiger charge is -2.27. The first-order valence-corrected chi connectivity index (χ1v) is 3.59. The Hall–Kier alpha value is -2.04. The second-order valence-corrected chi connectivity index (χ2v) is 2.24. The highest BCUT2D eigenvalue weighted by Crippen LogP contribution is 2.21. The predicted molar refractivity (Wildman–Crippen MR) is 42.6 cm³/mol. The Morgan fingerprint density at radius 3 is 1.05 bits per heavy atom. The largest absolute Gasteiger partial charge is 0.393 e. The van der Waals surface area contributed by atoms with Crippen LogP contribution in [0.1, 0.15) is 0 Å². The molecule has 0 atom stereocenters. The lowest BCUT2D eigenvalue weighted by atomic mass is 10.2. The summed E-state index contributed by atoms with van der Waals surface area (Å²) in [6.07, 6.45) is 0. The zero-order chi connectivity index (χ0) is 16.2. The Morgan fingerprint density at radius 2 is 1.05 bits per heavy atom. The maximum absolute atomic E-state index is 11.6. The number of aliphatic hydroxyl groups is 2. The van der Waals surface area contributed by atoms with E-state index in [9.17, 15) is 17.9 Å². The van der Waals surface area contributed by atoms with Crippen LogP contribution in [0.25, 0.3) is 0 Å². The SMILES string of the molecule is O=[N+]([O-])O.O=[N+]([O-])O.OCC(CO)(N(F)F)N(F)F. The van der Waals surface area contributed by atoms with Gasteiger partial charge >= 0.3 is 0 Å². The fourth-order valence-electron chi connectivity index (χ4n) is 0.321. The summed E-state index contributed by atoms with van der Waals surface area (Å²) >= 11 is 0. The van der Waals surface area contributed by atoms with Crippen LogP contribution in [-0.2, 0) is 0 Å². The molecule has 0 aromatic heterocycles. The Morgan fingerprint density at radius 1 is 0.895 bits per heavy atom. The van der Waals surface area contributed by atoms with Crippen LogP contribution in [0.5, 0.6) is 0 Å². The van der Waals surface area contributed by atoms with Gasteiger partial charge in [0.25, 0.3) is 10.2 Å². The first kappa shape index (κ1) is 22.2. The van der Waals surface area contributed by atoms with Crippen LogP contribution in [0.3, 0.4) is 0 Å². The Labute approximate surface area is 99.8 Å². The van der Waals surface area contributed by atoms with Crippen molar-refractivity contribution in [3.8, 4) is 0 Å². The van der Waals surface area contributed by atoms with Gasteiger partial charge in [-0.1, -0.05) is 17.9 Å². The highest BCUT2D eigenvalue weighted by molar-refractivity contribution is 4.74. The first-order chi connectivity index (χ1) is 8.47. The first-order valence-electron chi connectivity index (χ1n) is 3.59. The van der Waals surface area contributed by atoms with Crippen molar-refractivity contribution < 1.29 is 48.7 Å². The molecule has 0 aliphatic rings. The molecule has 4 N–H and O–H groups in total. The molecule has 0 bridgehead atoms. The molecule has 0 aromatic carbocycles. The van der Waals surface area contributed by atoms with Gasteiger partial charge in [-0.3, -0.25) is 0 Å². The quantitative estimate of drug-likeness (QED) is 0.168. The van der Waals surface area contributed by atoms with Crippen molar-refractivity contribution in [1.29, 1.82) is 0 Å². The maximum Gasteiger partial charge on any atom is 0.291 e. The minimum atomic E-state index is -3.31. The van der Waals surface area contributed by atoms with Crippen LogP contribution < -0.4 is 0 Å². The van der Waals surface area contributed by atoms with Gasteiger partial charge in [0, 0.05) is 0 Å². The van der Waals surface area contributed by atoms with Crippen LogP contribution in [0.2, 0.25) is 0 Å². The van der Waals surface area contributed by atoms with Gasteiger partial charge in [-0.25, -0.2) is 0 Å². The molecule has 0 rings (SSSR count). The lowest BCUT2D eigenvalue weighted by Crippen LogP contribution is -2.54. The minimum Gasteiger partial charge on any atom is -0.393 e. The van der Waals surface area contributed by atoms with E-state index in [4.69, 9.17) is 40.9 Å². The second-order valence-electron chi connectivity index (χ2n) is 2.24. The van der Waals surface area contributed by atoms with E-state index in [-0.39, 0.29) is 0 Å². The predicted octanol–water partition coefficient (Wildman–Crippen LogP) is -0.886. The molecule has 0 fully saturated rings. The van der Waals surface area contributed by atoms with Crippen molar-refractivity contribution in [3.05, 3.63) is 20.2 Å². The maximum atomic E-state index is 11.6. The van der Waals surface area contributed by atoms with Crippen LogP contribution in [0.15, 0.2) is 0 Å². The van der Waals surface area contributed by atoms with E-state index in [1.807, 2.05) is 0 Å². The monoisotopic (exact) mass is 304 g/mol. The Balaban J connectivity index is -0.000000264. The van der Waals surface area contributed by atoms with E-state index < -0.39 is 39.7 Å². The zero-order valence-corrected chi connectivity index (χ0v) is 8.64. The molecule has 0 heterocycles. The average Bonchev–Trinajstić information content (AvgIpc) is 2.17. The van der Waals surface area contributed by atoms with Gasteiger partial charge in [0.1, 0.15) is 0 Å². The van der Waals surface area contributed by atoms with E-state index >= 15 is 0 Å². The molecule has 0 spiro atoms. The molecular weight excluding hydrogens is 296 g/mol. The minimum absolute atomic E-state index is 1.50. The summed E-state index contributed by atoms with van der Waals surface area (Å²) in [5, 5.41) is 39.6. The highest BCUT2D eigenvalue weighted by Gasteiger charge is 2.46. The average molecular weight is 304 g/mol. The van der Waals surface area contributed by atoms with Gasteiger partial charge in [-0.05, 0) is 0 Å². The lowest BCUT2D eigenvalue weighted by molar-refractivity contribution is -0.742. The highest BCUT2D eigenvalue weighted by atomic mass is 19.4. The molecule has 0 saturated heterocycles. The van der Waals surface area contributed by atoms with Crippen molar-refractivity contribution in [2.24, 2.45) is 0 Å². The van der Waals surface area contributed by atoms with Crippen molar-refractivity contribution in [1.82, 2.24) is 10.7 Å². The van der Waals surface area contributed by atoms with Gasteiger partial charge in [0.15, 0.2) is 0 Å². The van der Waals surface area contributed by atoms with E-state index in [1.165, 1.54) is 0 Å². The van der Waals surface area contributed by atoms with Crippen LogP contribution in [-0.4, -0.2) is 60.4 Å². The smallest absolute Gasteiger partial charge is 0.291 e. The van der Waals surface area contributed by atoms with Crippen molar-refractivity contribution in [3.63, 3.8) is 0 Å². The number of hydrogen-bond donors (Lipinski definition) is 4. The third-order valence-electron chi connectivity index (χ3n) is 1.14. The van der Waals surface area contributed by atoms with Crippen molar-refractivity contribution >= 4 is 0 Å². The molecule has 0 aromatic rings. The van der Waals surface area contributed by atoms with Gasteiger partial charge in [0.2, 0.25) is 5.66 Å². The van der Waals surface area contributed by atoms with Crippen LogP contribution >= 0.6 is 0 Å². The zero-order valence-electron chi connectivity index (χ0n) is 8.64.